The summed E-state index contributed by atoms with van der Waals surface area (Å²) in [5.41, 5.74) is 9.79. The van der Waals surface area contributed by atoms with E-state index in [1.165, 1.54) is 30.4 Å². The van der Waals surface area contributed by atoms with E-state index in [-0.39, 0.29) is 18.2 Å². The van der Waals surface area contributed by atoms with Gasteiger partial charge in [0.2, 0.25) is 11.8 Å². The number of hydrogen-bond donors (Lipinski definition) is 4. The number of ether oxygens (including phenoxy) is 1. The molecule has 0 aliphatic carbocycles. The molecule has 4 rings (SSSR count). The van der Waals surface area contributed by atoms with Crippen molar-refractivity contribution < 1.29 is 19.1 Å². The lowest BCUT2D eigenvalue weighted by atomic mass is 9.96. The minimum Gasteiger partial charge on any atom is -0.453 e. The van der Waals surface area contributed by atoms with Crippen molar-refractivity contribution in [3.05, 3.63) is 108 Å². The number of benzene rings is 2. The number of nitrogens with zero attached hydrogens (tertiary/aromatic N) is 4. The molecule has 3 aromatic rings. The fraction of sp³-hybridized carbons (Fsp3) is 0.161. The molecule has 0 saturated carbocycles. The summed E-state index contributed by atoms with van der Waals surface area (Å²) in [6, 6.07) is 9.71. The molecule has 1 aliphatic rings. The van der Waals surface area contributed by atoms with E-state index in [1.807, 2.05) is 12.2 Å². The lowest BCUT2D eigenvalue weighted by Gasteiger charge is -2.19. The third-order valence-corrected chi connectivity index (χ3v) is 6.73. The number of carbonyl (C=O) groups is 3. The van der Waals surface area contributed by atoms with Crippen molar-refractivity contribution in [1.82, 2.24) is 25.5 Å². The van der Waals surface area contributed by atoms with E-state index in [0.717, 1.165) is 0 Å². The summed E-state index contributed by atoms with van der Waals surface area (Å²) in [6.07, 6.45) is 13.6. The molecule has 0 saturated heterocycles. The molecule has 3 amide bonds. The Labute approximate surface area is 259 Å². The van der Waals surface area contributed by atoms with E-state index in [1.54, 1.807) is 54.6 Å². The van der Waals surface area contributed by atoms with Crippen LogP contribution in [-0.2, 0) is 14.3 Å². The van der Waals surface area contributed by atoms with Gasteiger partial charge < -0.3 is 21.1 Å². The number of nitrogens with two attached hydrogens (primary N) is 1. The topological polar surface area (TPSA) is 166 Å². The highest BCUT2D eigenvalue weighted by Gasteiger charge is 2.17. The van der Waals surface area contributed by atoms with Crippen LogP contribution in [-0.4, -0.2) is 51.3 Å². The zero-order valence-corrected chi connectivity index (χ0v) is 24.6. The molecule has 2 aromatic carbocycles. The van der Waals surface area contributed by atoms with Crippen LogP contribution in [0.3, 0.4) is 0 Å². The first kappa shape index (κ1) is 31.4. The Morgan fingerprint density at radius 3 is 2.80 bits per heavy atom. The van der Waals surface area contributed by atoms with Gasteiger partial charge >= 0.3 is 6.09 Å². The summed E-state index contributed by atoms with van der Waals surface area (Å²) >= 11 is 6.20. The van der Waals surface area contributed by atoms with E-state index < -0.39 is 12.1 Å². The van der Waals surface area contributed by atoms with Crippen molar-refractivity contribution in [3.63, 3.8) is 0 Å². The number of methoxy groups -OCH3 is 1. The minimum absolute atomic E-state index is 0.211. The fourth-order valence-electron chi connectivity index (χ4n) is 4.37. The number of tetrazole rings is 1. The summed E-state index contributed by atoms with van der Waals surface area (Å²) in [4.78, 5) is 37.7. The first-order valence-corrected chi connectivity index (χ1v) is 13.9. The molecule has 0 bridgehead atoms. The highest BCUT2D eigenvalue weighted by Crippen LogP contribution is 2.30. The lowest BCUT2D eigenvalue weighted by molar-refractivity contribution is -0.117. The fourth-order valence-corrected chi connectivity index (χ4v) is 4.55. The second-order valence-electron chi connectivity index (χ2n) is 9.56. The van der Waals surface area contributed by atoms with Crippen molar-refractivity contribution in [1.29, 1.82) is 0 Å². The van der Waals surface area contributed by atoms with Crippen LogP contribution in [0.15, 0.2) is 91.5 Å². The molecular weight excluding hydrogens is 584 g/mol. The molecule has 13 heteroatoms. The van der Waals surface area contributed by atoms with Crippen LogP contribution in [0.1, 0.15) is 30.4 Å². The summed E-state index contributed by atoms with van der Waals surface area (Å²) < 4.78 is 6.15. The smallest absolute Gasteiger partial charge is 0.411 e. The second kappa shape index (κ2) is 15.1. The molecule has 0 spiro atoms. The van der Waals surface area contributed by atoms with Gasteiger partial charge in [0, 0.05) is 34.3 Å². The van der Waals surface area contributed by atoms with Gasteiger partial charge in [0.15, 0.2) is 0 Å². The Hall–Kier alpha value is -5.49. The predicted octanol–water partition coefficient (Wildman–Crippen LogP) is 4.78. The van der Waals surface area contributed by atoms with E-state index in [2.05, 4.69) is 42.8 Å². The van der Waals surface area contributed by atoms with Crippen LogP contribution in [0.5, 0.6) is 0 Å². The maximum atomic E-state index is 13.1. The first-order valence-electron chi connectivity index (χ1n) is 13.5. The largest absolute Gasteiger partial charge is 0.453 e. The summed E-state index contributed by atoms with van der Waals surface area (Å²) in [7, 11) is 1.26. The van der Waals surface area contributed by atoms with Crippen LogP contribution in [0, 0.1) is 0 Å². The van der Waals surface area contributed by atoms with Crippen LogP contribution in [0.2, 0.25) is 5.02 Å². The Morgan fingerprint density at radius 2 is 2.05 bits per heavy atom. The van der Waals surface area contributed by atoms with Gasteiger partial charge in [-0.2, -0.15) is 4.68 Å². The Balaban J connectivity index is 1.64. The van der Waals surface area contributed by atoms with Gasteiger partial charge in [-0.05, 0) is 89.2 Å². The lowest BCUT2D eigenvalue weighted by Crippen LogP contribution is -2.34. The van der Waals surface area contributed by atoms with Crippen LogP contribution >= 0.6 is 11.6 Å². The van der Waals surface area contributed by atoms with Gasteiger partial charge in [0.25, 0.3) is 0 Å². The quantitative estimate of drug-likeness (QED) is 0.227. The van der Waals surface area contributed by atoms with E-state index in [0.29, 0.717) is 57.2 Å². The number of halogens is 1. The first-order chi connectivity index (χ1) is 21.3. The molecule has 2 heterocycles. The number of amides is 3. The third-order valence-electron chi connectivity index (χ3n) is 6.49. The number of hydrogen-bond acceptors (Lipinski definition) is 8. The van der Waals surface area contributed by atoms with Crippen molar-refractivity contribution >= 4 is 52.5 Å². The SMILES string of the molecule is C=C1/C=C(\C=C/N)c2ccc(NC(=O)OC)cc2NC(=O)CC/C=C/C[C@@H]1NC(=O)/C=C/c1cc(Cl)ccc1-n1cnnn1. The van der Waals surface area contributed by atoms with Gasteiger partial charge in [-0.3, -0.25) is 14.9 Å². The molecule has 44 heavy (non-hydrogen) atoms. The average molecular weight is 615 g/mol. The standard InChI is InChI=1S/C31H31ClN8O4/c1-20-16-21(14-15-33)25-11-10-24(35-31(43)44-2)18-27(25)37-29(41)7-5-3-4-6-26(20)36-30(42)13-8-22-17-23(32)9-12-28(22)40-19-34-38-39-40/h3-4,8-19,26H,1,5-7,33H2,2H3,(H,35,43)(H,36,42)(H,37,41)/b4-3+,13-8+,15-14-,21-16+/t26-/m0/s1. The maximum Gasteiger partial charge on any atom is 0.411 e. The van der Waals surface area contributed by atoms with Gasteiger partial charge in [-0.25, -0.2) is 4.79 Å². The second-order valence-corrected chi connectivity index (χ2v) is 9.99. The zero-order valence-electron chi connectivity index (χ0n) is 23.9. The Morgan fingerprint density at radius 1 is 1.20 bits per heavy atom. The molecule has 5 N–H and O–H groups in total. The molecule has 226 valence electrons. The normalized spacial score (nSPS) is 17.8. The predicted molar refractivity (Wildman–Crippen MR) is 170 cm³/mol. The zero-order chi connectivity index (χ0) is 31.5. The number of fused-ring (bicyclic) bond motifs is 1. The number of anilines is 2. The van der Waals surface area contributed by atoms with E-state index in [4.69, 9.17) is 17.3 Å². The minimum atomic E-state index is -0.647. The van der Waals surface area contributed by atoms with Gasteiger partial charge in [0.1, 0.15) is 6.33 Å². The third kappa shape index (κ3) is 8.52. The molecule has 0 fully saturated rings. The van der Waals surface area contributed by atoms with E-state index in [9.17, 15) is 14.4 Å². The number of nitrogens with one attached hydrogen (secondary N) is 3. The van der Waals surface area contributed by atoms with Crippen molar-refractivity contribution in [2.24, 2.45) is 5.73 Å². The summed E-state index contributed by atoms with van der Waals surface area (Å²) in [6.45, 7) is 4.24. The molecule has 0 unspecified atom stereocenters. The molecule has 1 aromatic heterocycles. The number of rotatable bonds is 6. The Kier molecular flexibility index (Phi) is 10.8. The monoisotopic (exact) mass is 614 g/mol. The van der Waals surface area contributed by atoms with Crippen LogP contribution < -0.4 is 21.7 Å². The van der Waals surface area contributed by atoms with Crippen LogP contribution in [0.4, 0.5) is 16.2 Å². The summed E-state index contributed by atoms with van der Waals surface area (Å²) in [5, 5.41) is 20.3. The Bertz CT molecular complexity index is 1660. The number of carbonyl (C=O) groups excluding carboxylic acids is 3. The van der Waals surface area contributed by atoms with Crippen molar-refractivity contribution in [2.45, 2.75) is 25.3 Å². The van der Waals surface area contributed by atoms with Crippen LogP contribution in [0.25, 0.3) is 17.3 Å². The summed E-state index contributed by atoms with van der Waals surface area (Å²) in [5.74, 6) is -0.575. The van der Waals surface area contributed by atoms with Crippen molar-refractivity contribution in [2.75, 3.05) is 17.7 Å². The highest BCUT2D eigenvalue weighted by atomic mass is 35.5. The number of aromatic nitrogens is 4. The molecule has 1 aliphatic heterocycles. The number of allylic oxidation sites excluding steroid dienone is 3. The molecule has 12 nitrogen and oxygen atoms in total. The van der Waals surface area contributed by atoms with Gasteiger partial charge in [-0.15, -0.1) is 5.10 Å². The van der Waals surface area contributed by atoms with E-state index >= 15 is 0 Å². The molecule has 1 atom stereocenters. The maximum absolute atomic E-state index is 13.1. The molecular formula is C31H31ClN8O4. The average Bonchev–Trinajstić information content (AvgIpc) is 3.54. The highest BCUT2D eigenvalue weighted by molar-refractivity contribution is 6.30. The van der Waals surface area contributed by atoms with Gasteiger partial charge in [0.05, 0.1) is 24.5 Å². The molecule has 0 radical (unpaired) electrons. The van der Waals surface area contributed by atoms with Crippen molar-refractivity contribution in [3.8, 4) is 5.69 Å². The van der Waals surface area contributed by atoms with Gasteiger partial charge in [-0.1, -0.05) is 36.4 Å².